The third-order valence-electron chi connectivity index (χ3n) is 1.00. The Balaban J connectivity index is 3.57. The number of nitrogens with zero attached hydrogens (tertiary/aromatic N) is 1. The van der Waals surface area contributed by atoms with Crippen molar-refractivity contribution in [2.24, 2.45) is 0 Å². The number of allylic oxidation sites excluding steroid dienone is 1. The van der Waals surface area contributed by atoms with Gasteiger partial charge in [-0.2, -0.15) is 5.26 Å². The number of nitriles is 1. The molecule has 0 amide bonds. The molecule has 50 valence electrons. The topological polar surface area (TPSA) is 33.0 Å². The molecular formula is C7H11NO. The fourth-order valence-corrected chi connectivity index (χ4v) is 0.535. The molecule has 0 aliphatic rings. The van der Waals surface area contributed by atoms with Crippen LogP contribution >= 0.6 is 0 Å². The number of rotatable bonds is 3. The number of hydrogen-bond donors (Lipinski definition) is 0. The molecule has 0 heterocycles. The number of methoxy groups -OCH3 is 1. The highest BCUT2D eigenvalue weighted by atomic mass is 16.5. The normalized spacial score (nSPS) is 13.4. The van der Waals surface area contributed by atoms with E-state index in [2.05, 4.69) is 0 Å². The quantitative estimate of drug-likeness (QED) is 0.535. The SMILES string of the molecule is CC=CC(CC#N)OC. The summed E-state index contributed by atoms with van der Waals surface area (Å²) >= 11 is 0. The van der Waals surface area contributed by atoms with Crippen LogP contribution in [0.4, 0.5) is 0 Å². The lowest BCUT2D eigenvalue weighted by atomic mass is 10.2. The van der Waals surface area contributed by atoms with E-state index >= 15 is 0 Å². The van der Waals surface area contributed by atoms with Crippen LogP contribution in [0.3, 0.4) is 0 Å². The fourth-order valence-electron chi connectivity index (χ4n) is 0.535. The van der Waals surface area contributed by atoms with Crippen LogP contribution in [0.5, 0.6) is 0 Å². The minimum Gasteiger partial charge on any atom is -0.376 e. The Labute approximate surface area is 55.7 Å². The summed E-state index contributed by atoms with van der Waals surface area (Å²) in [7, 11) is 1.60. The van der Waals surface area contributed by atoms with Gasteiger partial charge in [0.25, 0.3) is 0 Å². The predicted octanol–water partition coefficient (Wildman–Crippen LogP) is 1.49. The van der Waals surface area contributed by atoms with Gasteiger partial charge in [-0.1, -0.05) is 12.2 Å². The van der Waals surface area contributed by atoms with Gasteiger partial charge in [-0.15, -0.1) is 0 Å². The van der Waals surface area contributed by atoms with Crippen LogP contribution in [-0.2, 0) is 4.74 Å². The standard InChI is InChI=1S/C7H11NO/c1-3-4-7(9-2)5-6-8/h3-4,7H,5H2,1-2H3. The van der Waals surface area contributed by atoms with Gasteiger partial charge in [0.15, 0.2) is 0 Å². The Kier molecular flexibility index (Phi) is 4.85. The maximum absolute atomic E-state index is 8.23. The molecule has 0 N–H and O–H groups in total. The average molecular weight is 125 g/mol. The van der Waals surface area contributed by atoms with Gasteiger partial charge in [0.1, 0.15) is 0 Å². The van der Waals surface area contributed by atoms with Crippen molar-refractivity contribution in [3.8, 4) is 6.07 Å². The van der Waals surface area contributed by atoms with Crippen LogP contribution < -0.4 is 0 Å². The molecule has 2 heteroatoms. The molecule has 1 unspecified atom stereocenters. The van der Waals surface area contributed by atoms with Crippen molar-refractivity contribution in [3.05, 3.63) is 12.2 Å². The van der Waals surface area contributed by atoms with E-state index in [0.717, 1.165) is 0 Å². The van der Waals surface area contributed by atoms with Gasteiger partial charge in [-0.3, -0.25) is 0 Å². The predicted molar refractivity (Wildman–Crippen MR) is 35.8 cm³/mol. The zero-order valence-electron chi connectivity index (χ0n) is 5.79. The molecule has 9 heavy (non-hydrogen) atoms. The first-order valence-electron chi connectivity index (χ1n) is 2.87. The summed E-state index contributed by atoms with van der Waals surface area (Å²) in [5.41, 5.74) is 0. The maximum atomic E-state index is 8.23. The highest BCUT2D eigenvalue weighted by Gasteiger charge is 1.97. The lowest BCUT2D eigenvalue weighted by Crippen LogP contribution is -2.04. The Hall–Kier alpha value is -0.810. The summed E-state index contributed by atoms with van der Waals surface area (Å²) in [5.74, 6) is 0. The molecule has 0 aromatic heterocycles. The fraction of sp³-hybridized carbons (Fsp3) is 0.571. The van der Waals surface area contributed by atoms with Crippen LogP contribution in [0.15, 0.2) is 12.2 Å². The molecule has 0 saturated carbocycles. The van der Waals surface area contributed by atoms with Crippen LogP contribution in [0.2, 0.25) is 0 Å². The van der Waals surface area contributed by atoms with Crippen molar-refractivity contribution in [2.75, 3.05) is 7.11 Å². The third-order valence-corrected chi connectivity index (χ3v) is 1.00. The minimum atomic E-state index is -0.0278. The van der Waals surface area contributed by atoms with Crippen molar-refractivity contribution >= 4 is 0 Å². The Bertz CT molecular complexity index is 123. The molecule has 1 atom stereocenters. The second-order valence-corrected chi connectivity index (χ2v) is 1.66. The average Bonchev–Trinajstić information content (AvgIpc) is 1.88. The summed E-state index contributed by atoms with van der Waals surface area (Å²) in [5, 5.41) is 8.23. The van der Waals surface area contributed by atoms with Gasteiger partial charge >= 0.3 is 0 Å². The molecule has 0 radical (unpaired) electrons. The van der Waals surface area contributed by atoms with Crippen molar-refractivity contribution in [3.63, 3.8) is 0 Å². The van der Waals surface area contributed by atoms with E-state index in [1.54, 1.807) is 7.11 Å². The lowest BCUT2D eigenvalue weighted by molar-refractivity contribution is 0.145. The largest absolute Gasteiger partial charge is 0.376 e. The first-order valence-corrected chi connectivity index (χ1v) is 2.87. The Morgan fingerprint density at radius 1 is 1.78 bits per heavy atom. The van der Waals surface area contributed by atoms with Gasteiger partial charge in [0.2, 0.25) is 0 Å². The number of ether oxygens (including phenoxy) is 1. The van der Waals surface area contributed by atoms with E-state index in [1.807, 2.05) is 25.1 Å². The van der Waals surface area contributed by atoms with Crippen molar-refractivity contribution < 1.29 is 4.74 Å². The molecule has 2 nitrogen and oxygen atoms in total. The van der Waals surface area contributed by atoms with Crippen LogP contribution in [-0.4, -0.2) is 13.2 Å². The van der Waals surface area contributed by atoms with Crippen molar-refractivity contribution in [1.29, 1.82) is 5.26 Å². The summed E-state index contributed by atoms with van der Waals surface area (Å²) < 4.78 is 4.92. The van der Waals surface area contributed by atoms with E-state index in [0.29, 0.717) is 6.42 Å². The van der Waals surface area contributed by atoms with E-state index in [1.165, 1.54) is 0 Å². The lowest BCUT2D eigenvalue weighted by Gasteiger charge is -2.03. The first-order chi connectivity index (χ1) is 4.35. The van der Waals surface area contributed by atoms with Crippen molar-refractivity contribution in [2.45, 2.75) is 19.4 Å². The molecule has 0 aromatic carbocycles. The first kappa shape index (κ1) is 8.19. The summed E-state index contributed by atoms with van der Waals surface area (Å²) in [6, 6.07) is 2.03. The molecule has 0 bridgehead atoms. The van der Waals surface area contributed by atoms with Gasteiger partial charge in [0, 0.05) is 7.11 Å². The second kappa shape index (κ2) is 5.33. The molecule has 0 rings (SSSR count). The van der Waals surface area contributed by atoms with Crippen LogP contribution in [0, 0.1) is 11.3 Å². The van der Waals surface area contributed by atoms with E-state index in [9.17, 15) is 0 Å². The molecular weight excluding hydrogens is 114 g/mol. The summed E-state index contributed by atoms with van der Waals surface area (Å²) in [6.07, 6.45) is 4.15. The highest BCUT2D eigenvalue weighted by molar-refractivity contribution is 4.91. The second-order valence-electron chi connectivity index (χ2n) is 1.66. The monoisotopic (exact) mass is 125 g/mol. The van der Waals surface area contributed by atoms with Gasteiger partial charge in [-0.05, 0) is 6.92 Å². The summed E-state index contributed by atoms with van der Waals surface area (Å²) in [4.78, 5) is 0. The minimum absolute atomic E-state index is 0.0278. The zero-order valence-corrected chi connectivity index (χ0v) is 5.79. The molecule has 0 aromatic rings. The van der Waals surface area contributed by atoms with Gasteiger partial charge in [0.05, 0.1) is 18.6 Å². The van der Waals surface area contributed by atoms with Crippen LogP contribution in [0.1, 0.15) is 13.3 Å². The summed E-state index contributed by atoms with van der Waals surface area (Å²) in [6.45, 7) is 1.91. The van der Waals surface area contributed by atoms with Gasteiger partial charge < -0.3 is 4.74 Å². The Morgan fingerprint density at radius 3 is 2.78 bits per heavy atom. The number of hydrogen-bond acceptors (Lipinski definition) is 2. The smallest absolute Gasteiger partial charge is 0.0881 e. The zero-order chi connectivity index (χ0) is 7.11. The van der Waals surface area contributed by atoms with Crippen molar-refractivity contribution in [1.82, 2.24) is 0 Å². The molecule has 0 saturated heterocycles. The Morgan fingerprint density at radius 2 is 2.44 bits per heavy atom. The van der Waals surface area contributed by atoms with E-state index in [4.69, 9.17) is 10.00 Å². The molecule has 0 fully saturated rings. The van der Waals surface area contributed by atoms with Crippen LogP contribution in [0.25, 0.3) is 0 Å². The van der Waals surface area contributed by atoms with E-state index < -0.39 is 0 Å². The third kappa shape index (κ3) is 3.75. The molecule has 0 aliphatic heterocycles. The van der Waals surface area contributed by atoms with E-state index in [-0.39, 0.29) is 6.10 Å². The maximum Gasteiger partial charge on any atom is 0.0881 e. The molecule has 0 aliphatic carbocycles. The molecule has 0 spiro atoms. The highest BCUT2D eigenvalue weighted by Crippen LogP contribution is 1.96. The van der Waals surface area contributed by atoms with Gasteiger partial charge in [-0.25, -0.2) is 0 Å².